The third-order valence-corrected chi connectivity index (χ3v) is 2.48. The van der Waals surface area contributed by atoms with Crippen molar-refractivity contribution in [3.05, 3.63) is 56.0 Å². The molecule has 0 unspecified atom stereocenters. The van der Waals surface area contributed by atoms with Crippen LogP contribution in [0.3, 0.4) is 0 Å². The second kappa shape index (κ2) is 7.64. The van der Waals surface area contributed by atoms with Crippen LogP contribution < -0.4 is 40.2 Å². The van der Waals surface area contributed by atoms with Crippen LogP contribution in [0.25, 0.3) is 0 Å². The molecule has 10 nitrogen and oxygen atoms in total. The number of nitrogens with one attached hydrogen (secondary N) is 1. The summed E-state index contributed by atoms with van der Waals surface area (Å²) in [5.74, 6) is -0.750. The van der Waals surface area contributed by atoms with E-state index in [9.17, 15) is 20.0 Å². The Morgan fingerprint density at radius 3 is 2.59 bits per heavy atom. The van der Waals surface area contributed by atoms with Crippen molar-refractivity contribution in [2.24, 2.45) is 10.1 Å². The molecular weight excluding hydrogens is 303 g/mol. The fourth-order valence-electron chi connectivity index (χ4n) is 1.42. The summed E-state index contributed by atoms with van der Waals surface area (Å²) in [5, 5.41) is 31.3. The number of non-ortho nitro benzene ring substituents is 1. The van der Waals surface area contributed by atoms with E-state index in [0.29, 0.717) is 5.56 Å². The van der Waals surface area contributed by atoms with E-state index in [4.69, 9.17) is 0 Å². The number of H-pyrrole nitrogens is 1. The summed E-state index contributed by atoms with van der Waals surface area (Å²) < 4.78 is 0. The minimum atomic E-state index is -0.750. The van der Waals surface area contributed by atoms with Gasteiger partial charge in [-0.1, -0.05) is 0 Å². The van der Waals surface area contributed by atoms with Crippen LogP contribution in [-0.2, 0) is 0 Å². The molecule has 0 aliphatic carbocycles. The molecule has 0 saturated heterocycles. The molecule has 0 atom stereocenters. The van der Waals surface area contributed by atoms with E-state index in [1.165, 1.54) is 37.5 Å². The number of aromatic nitrogens is 3. The molecule has 1 aromatic heterocycles. The van der Waals surface area contributed by atoms with E-state index >= 15 is 0 Å². The van der Waals surface area contributed by atoms with Gasteiger partial charge in [0.1, 0.15) is 0 Å². The van der Waals surface area contributed by atoms with E-state index < -0.39 is 16.4 Å². The molecule has 22 heavy (non-hydrogen) atoms. The van der Waals surface area contributed by atoms with Crippen molar-refractivity contribution in [1.82, 2.24) is 15.1 Å². The van der Waals surface area contributed by atoms with Gasteiger partial charge in [0.05, 0.1) is 11.1 Å². The molecule has 0 spiro atoms. The number of nitrogens with zero attached hydrogens (tertiary/aromatic N) is 5. The predicted octanol–water partition coefficient (Wildman–Crippen LogP) is -3.90. The van der Waals surface area contributed by atoms with Crippen molar-refractivity contribution in [3.63, 3.8) is 0 Å². The Balaban J connectivity index is 0.00000242. The van der Waals surface area contributed by atoms with Crippen molar-refractivity contribution in [3.8, 4) is 0 Å². The van der Waals surface area contributed by atoms with Crippen LogP contribution in [0.1, 0.15) is 11.3 Å². The molecule has 0 bridgehead atoms. The van der Waals surface area contributed by atoms with Crippen LogP contribution >= 0.6 is 0 Å². The van der Waals surface area contributed by atoms with Gasteiger partial charge in [-0.15, -0.1) is 4.79 Å². The Labute approximate surface area is 145 Å². The van der Waals surface area contributed by atoms with E-state index in [0.717, 1.165) is 4.79 Å². The van der Waals surface area contributed by atoms with Gasteiger partial charge < -0.3 is 10.1 Å². The van der Waals surface area contributed by atoms with Gasteiger partial charge in [-0.2, -0.15) is 15.4 Å². The molecule has 0 radical (unpaired) electrons. The molecule has 0 aliphatic rings. The quantitative estimate of drug-likeness (QED) is 0.202. The number of benzene rings is 1. The zero-order chi connectivity index (χ0) is 15.4. The normalized spacial score (nSPS) is 11.4. The Bertz CT molecular complexity index is 777. The Kier molecular flexibility index (Phi) is 6.16. The Hall–Kier alpha value is -2.30. The summed E-state index contributed by atoms with van der Waals surface area (Å²) in [7, 11) is 1.25. The number of nitro groups is 1. The number of nitro benzene ring substituents is 1. The van der Waals surface area contributed by atoms with E-state index in [2.05, 4.69) is 20.4 Å². The van der Waals surface area contributed by atoms with Gasteiger partial charge in [-0.05, 0) is 17.7 Å². The minimum absolute atomic E-state index is 0. The Morgan fingerprint density at radius 2 is 2.05 bits per heavy atom. The summed E-state index contributed by atoms with van der Waals surface area (Å²) in [6.45, 7) is 0. The first-order chi connectivity index (χ1) is 10.0. The summed E-state index contributed by atoms with van der Waals surface area (Å²) >= 11 is 0. The van der Waals surface area contributed by atoms with Crippen molar-refractivity contribution in [1.29, 1.82) is 0 Å². The van der Waals surface area contributed by atoms with Crippen LogP contribution in [-0.4, -0.2) is 39.2 Å². The van der Waals surface area contributed by atoms with E-state index in [1.807, 2.05) is 0 Å². The van der Waals surface area contributed by atoms with Gasteiger partial charge in [-0.3, -0.25) is 14.9 Å². The number of aromatic amines is 1. The third kappa shape index (κ3) is 3.87. The van der Waals surface area contributed by atoms with Crippen LogP contribution in [0, 0.1) is 10.1 Å². The average Bonchev–Trinajstić information content (AvgIpc) is 2.86. The van der Waals surface area contributed by atoms with Gasteiger partial charge in [0.25, 0.3) is 5.69 Å². The van der Waals surface area contributed by atoms with Crippen molar-refractivity contribution < 1.29 is 39.6 Å². The minimum Gasteiger partial charge on any atom is -0.857 e. The largest absolute Gasteiger partial charge is 1.00 e. The number of hydrogen-bond acceptors (Lipinski definition) is 7. The van der Waals surface area contributed by atoms with Gasteiger partial charge in [-0.25, -0.2) is 0 Å². The molecule has 0 aliphatic heterocycles. The molecule has 2 aromatic rings. The molecule has 2 rings (SSSR count). The first-order valence-electron chi connectivity index (χ1n) is 5.63. The van der Waals surface area contributed by atoms with E-state index in [1.54, 1.807) is 0 Å². The molecule has 1 N–H and O–H groups in total. The number of hydrogen-bond donors (Lipinski definition) is 1. The van der Waals surface area contributed by atoms with Crippen molar-refractivity contribution in [2.45, 2.75) is 0 Å². The fraction of sp³-hybridized carbons (Fsp3) is 0.0909. The molecule has 1 heterocycles. The smallest absolute Gasteiger partial charge is 0.857 e. The molecule has 11 heteroatoms. The summed E-state index contributed by atoms with van der Waals surface area (Å²) in [5.41, 5.74) is -0.611. The maximum Gasteiger partial charge on any atom is 1.00 e. The summed E-state index contributed by atoms with van der Waals surface area (Å²) in [4.78, 5) is 25.8. The Morgan fingerprint density at radius 1 is 1.41 bits per heavy atom. The molecule has 108 valence electrons. The first kappa shape index (κ1) is 17.8. The second-order valence-electron chi connectivity index (χ2n) is 3.80. The van der Waals surface area contributed by atoms with E-state index in [-0.39, 0.29) is 40.9 Å². The summed E-state index contributed by atoms with van der Waals surface area (Å²) in [6, 6.07) is 5.55. The van der Waals surface area contributed by atoms with Crippen LogP contribution in [0.5, 0.6) is 0 Å². The maximum absolute atomic E-state index is 11.7. The first-order valence-corrected chi connectivity index (χ1v) is 5.63. The maximum atomic E-state index is 11.7. The number of aliphatic imine (C=N–C) groups is 1. The zero-order valence-electron chi connectivity index (χ0n) is 11.8. The van der Waals surface area contributed by atoms with Crippen LogP contribution in [0.4, 0.5) is 5.69 Å². The standard InChI is InChI=1S/C11H10N6O4.Na/c1-12-10(18)9-11(19)16(15-14-9)13-6-7-2-4-8(5-3-7)17(20)21;/h2-6,15H,1H3,(H,12,18);/q;+1/p-1/b13-6+;. The van der Waals surface area contributed by atoms with Gasteiger partial charge in [0, 0.05) is 25.1 Å². The average molecular weight is 312 g/mol. The van der Waals surface area contributed by atoms with Gasteiger partial charge in [0.15, 0.2) is 5.69 Å². The SMILES string of the molecule is CN=C([O-])c1n[nH]n(/N=C/c2ccc([N+](=O)[O-])cc2)c1=O.[Na+]. The molecule has 1 aromatic carbocycles. The molecule has 0 saturated carbocycles. The number of rotatable bonds is 4. The molecule has 0 fully saturated rings. The topological polar surface area (TPSA) is 142 Å². The predicted molar refractivity (Wildman–Crippen MR) is 71.4 cm³/mol. The third-order valence-electron chi connectivity index (χ3n) is 2.48. The van der Waals surface area contributed by atoms with Crippen LogP contribution in [0.15, 0.2) is 39.2 Å². The van der Waals surface area contributed by atoms with Crippen molar-refractivity contribution >= 4 is 17.8 Å². The summed E-state index contributed by atoms with van der Waals surface area (Å²) in [6.07, 6.45) is 1.29. The molecule has 0 amide bonds. The second-order valence-corrected chi connectivity index (χ2v) is 3.80. The van der Waals surface area contributed by atoms with Crippen LogP contribution in [0.2, 0.25) is 0 Å². The fourth-order valence-corrected chi connectivity index (χ4v) is 1.42. The zero-order valence-corrected chi connectivity index (χ0v) is 13.8. The van der Waals surface area contributed by atoms with Crippen molar-refractivity contribution in [2.75, 3.05) is 7.05 Å². The van der Waals surface area contributed by atoms with Gasteiger partial charge in [0.2, 0.25) is 0 Å². The molecular formula is C11H9N6NaO4. The van der Waals surface area contributed by atoms with Gasteiger partial charge >= 0.3 is 35.1 Å². The monoisotopic (exact) mass is 312 g/mol.